The lowest BCUT2D eigenvalue weighted by atomic mass is 9.93. The summed E-state index contributed by atoms with van der Waals surface area (Å²) in [6.45, 7) is 5.97. The third kappa shape index (κ3) is 4.95. The number of benzene rings is 1. The lowest BCUT2D eigenvalue weighted by Crippen LogP contribution is -2.45. The van der Waals surface area contributed by atoms with Crippen LogP contribution < -0.4 is 5.32 Å². The van der Waals surface area contributed by atoms with Gasteiger partial charge >= 0.3 is 0 Å². The van der Waals surface area contributed by atoms with Crippen LogP contribution in [0.15, 0.2) is 24.3 Å². The lowest BCUT2D eigenvalue weighted by molar-refractivity contribution is -0.117. The summed E-state index contributed by atoms with van der Waals surface area (Å²) in [7, 11) is 0. The zero-order valence-electron chi connectivity index (χ0n) is 16.2. The second-order valence-corrected chi connectivity index (χ2v) is 8.50. The smallest absolute Gasteiger partial charge is 0.254 e. The number of aryl methyl sites for hydroxylation is 3. The molecule has 1 N–H and O–H groups in total. The zero-order valence-corrected chi connectivity index (χ0v) is 17.1. The summed E-state index contributed by atoms with van der Waals surface area (Å²) in [4.78, 5) is 33.0. The van der Waals surface area contributed by atoms with Crippen molar-refractivity contribution in [2.45, 2.75) is 58.9 Å². The molecular weight excluding hydrogens is 358 g/mol. The maximum atomic E-state index is 13.1. The van der Waals surface area contributed by atoms with Crippen LogP contribution in [0.5, 0.6) is 0 Å². The number of carbonyl (C=O) groups is 2. The van der Waals surface area contributed by atoms with Crippen LogP contribution in [0.25, 0.3) is 0 Å². The molecule has 0 spiro atoms. The van der Waals surface area contributed by atoms with Gasteiger partial charge in [0.1, 0.15) is 6.54 Å². The van der Waals surface area contributed by atoms with Crippen molar-refractivity contribution < 1.29 is 9.59 Å². The predicted molar refractivity (Wildman–Crippen MR) is 109 cm³/mol. The highest BCUT2D eigenvalue weighted by molar-refractivity contribution is 7.15. The summed E-state index contributed by atoms with van der Waals surface area (Å²) in [5, 5.41) is 3.46. The molecular formula is C21H27N3O2S. The monoisotopic (exact) mass is 385 g/mol. The molecule has 27 heavy (non-hydrogen) atoms. The van der Waals surface area contributed by atoms with Gasteiger partial charge in [0.2, 0.25) is 5.91 Å². The van der Waals surface area contributed by atoms with Gasteiger partial charge < -0.3 is 10.2 Å². The fourth-order valence-electron chi connectivity index (χ4n) is 3.46. The molecule has 1 aromatic heterocycles. The van der Waals surface area contributed by atoms with Gasteiger partial charge in [0.15, 0.2) is 5.13 Å². The van der Waals surface area contributed by atoms with Crippen LogP contribution in [0.3, 0.4) is 0 Å². The van der Waals surface area contributed by atoms with Crippen LogP contribution in [0.2, 0.25) is 0 Å². The van der Waals surface area contributed by atoms with E-state index in [9.17, 15) is 9.59 Å². The van der Waals surface area contributed by atoms with E-state index in [-0.39, 0.29) is 24.4 Å². The van der Waals surface area contributed by atoms with Crippen LogP contribution in [0.1, 0.15) is 58.6 Å². The molecule has 2 aromatic rings. The molecule has 2 amide bonds. The average molecular weight is 386 g/mol. The summed E-state index contributed by atoms with van der Waals surface area (Å²) in [5.74, 6) is -0.252. The van der Waals surface area contributed by atoms with Crippen LogP contribution in [-0.4, -0.2) is 34.3 Å². The van der Waals surface area contributed by atoms with Crippen molar-refractivity contribution in [2.75, 3.05) is 11.9 Å². The van der Waals surface area contributed by atoms with Crippen molar-refractivity contribution in [1.82, 2.24) is 9.88 Å². The van der Waals surface area contributed by atoms with Crippen molar-refractivity contribution in [2.24, 2.45) is 0 Å². The van der Waals surface area contributed by atoms with Crippen LogP contribution >= 0.6 is 11.3 Å². The second kappa shape index (κ2) is 8.65. The van der Waals surface area contributed by atoms with Gasteiger partial charge in [-0.3, -0.25) is 9.59 Å². The highest BCUT2D eigenvalue weighted by Crippen LogP contribution is 2.25. The first-order chi connectivity index (χ1) is 12.9. The molecule has 0 saturated heterocycles. The third-order valence-corrected chi connectivity index (χ3v) is 6.15. The Labute approximate surface area is 164 Å². The first-order valence-electron chi connectivity index (χ1n) is 9.55. The molecule has 1 heterocycles. The van der Waals surface area contributed by atoms with Gasteiger partial charge in [-0.15, -0.1) is 11.3 Å². The molecule has 1 aliphatic rings. The van der Waals surface area contributed by atoms with E-state index in [0.717, 1.165) is 41.8 Å². The molecule has 5 nitrogen and oxygen atoms in total. The van der Waals surface area contributed by atoms with Crippen molar-refractivity contribution in [3.63, 3.8) is 0 Å². The molecule has 3 rings (SSSR count). The third-order valence-electron chi connectivity index (χ3n) is 5.16. The number of nitrogens with one attached hydrogen (secondary N) is 1. The highest BCUT2D eigenvalue weighted by atomic mass is 32.1. The van der Waals surface area contributed by atoms with Gasteiger partial charge in [0.25, 0.3) is 5.91 Å². The van der Waals surface area contributed by atoms with Crippen molar-refractivity contribution in [1.29, 1.82) is 0 Å². The predicted octanol–water partition coefficient (Wildman–Crippen LogP) is 4.48. The van der Waals surface area contributed by atoms with E-state index in [0.29, 0.717) is 10.7 Å². The topological polar surface area (TPSA) is 62.3 Å². The van der Waals surface area contributed by atoms with Gasteiger partial charge in [-0.05, 0) is 45.7 Å². The summed E-state index contributed by atoms with van der Waals surface area (Å²) >= 11 is 1.47. The first kappa shape index (κ1) is 19.5. The van der Waals surface area contributed by atoms with Gasteiger partial charge in [-0.2, -0.15) is 0 Å². The fourth-order valence-corrected chi connectivity index (χ4v) is 4.29. The van der Waals surface area contributed by atoms with E-state index in [1.807, 2.05) is 45.0 Å². The van der Waals surface area contributed by atoms with E-state index in [1.54, 1.807) is 4.90 Å². The zero-order chi connectivity index (χ0) is 19.4. The molecule has 0 aliphatic heterocycles. The molecule has 1 aromatic carbocycles. The maximum absolute atomic E-state index is 13.1. The highest BCUT2D eigenvalue weighted by Gasteiger charge is 2.28. The standard InChI is InChI=1S/C21H27N3O2S/c1-14-9-11-17(12-10-14)20(26)24(18-7-5-4-6-8-18)13-19(25)23-21-22-15(2)16(3)27-21/h9-12,18H,4-8,13H2,1-3H3,(H,22,23,25). The number of anilines is 1. The fraction of sp³-hybridized carbons (Fsp3) is 0.476. The normalized spacial score (nSPS) is 14.8. The van der Waals surface area contributed by atoms with Crippen molar-refractivity contribution in [3.05, 3.63) is 46.0 Å². The van der Waals surface area contributed by atoms with Crippen LogP contribution in [-0.2, 0) is 4.79 Å². The second-order valence-electron chi connectivity index (χ2n) is 7.30. The molecule has 0 bridgehead atoms. The Morgan fingerprint density at radius 1 is 1.11 bits per heavy atom. The quantitative estimate of drug-likeness (QED) is 0.825. The van der Waals surface area contributed by atoms with E-state index in [4.69, 9.17) is 0 Å². The number of carbonyl (C=O) groups excluding carboxylic acids is 2. The average Bonchev–Trinajstić information content (AvgIpc) is 2.97. The Hall–Kier alpha value is -2.21. The number of nitrogens with zero attached hydrogens (tertiary/aromatic N) is 2. The number of rotatable bonds is 5. The largest absolute Gasteiger partial charge is 0.326 e. The lowest BCUT2D eigenvalue weighted by Gasteiger charge is -2.34. The van der Waals surface area contributed by atoms with Gasteiger partial charge in [0, 0.05) is 16.5 Å². The van der Waals surface area contributed by atoms with Crippen LogP contribution in [0.4, 0.5) is 5.13 Å². The van der Waals surface area contributed by atoms with Gasteiger partial charge in [0.05, 0.1) is 5.69 Å². The minimum Gasteiger partial charge on any atom is -0.326 e. The molecule has 1 saturated carbocycles. The number of hydrogen-bond donors (Lipinski definition) is 1. The van der Waals surface area contributed by atoms with E-state index < -0.39 is 0 Å². The first-order valence-corrected chi connectivity index (χ1v) is 10.4. The Bertz CT molecular complexity index is 788. The minimum absolute atomic E-state index is 0.0645. The Kier molecular flexibility index (Phi) is 6.26. The molecule has 0 unspecified atom stereocenters. The SMILES string of the molecule is Cc1ccc(C(=O)N(CC(=O)Nc2nc(C)c(C)s2)C2CCCCC2)cc1. The van der Waals surface area contributed by atoms with Gasteiger partial charge in [-0.25, -0.2) is 4.98 Å². The summed E-state index contributed by atoms with van der Waals surface area (Å²) in [5.41, 5.74) is 2.68. The molecule has 144 valence electrons. The summed E-state index contributed by atoms with van der Waals surface area (Å²) in [6.07, 6.45) is 5.33. The Morgan fingerprint density at radius 2 is 1.78 bits per heavy atom. The molecule has 0 atom stereocenters. The molecule has 6 heteroatoms. The maximum Gasteiger partial charge on any atom is 0.254 e. The van der Waals surface area contributed by atoms with Crippen molar-refractivity contribution >= 4 is 28.3 Å². The van der Waals surface area contributed by atoms with E-state index in [1.165, 1.54) is 17.8 Å². The van der Waals surface area contributed by atoms with Crippen LogP contribution in [0, 0.1) is 20.8 Å². The number of thiazole rings is 1. The summed E-state index contributed by atoms with van der Waals surface area (Å²) < 4.78 is 0. The number of amides is 2. The van der Waals surface area contributed by atoms with E-state index >= 15 is 0 Å². The van der Waals surface area contributed by atoms with E-state index in [2.05, 4.69) is 10.3 Å². The van der Waals surface area contributed by atoms with Crippen molar-refractivity contribution in [3.8, 4) is 0 Å². The number of hydrogen-bond acceptors (Lipinski definition) is 4. The molecule has 1 fully saturated rings. The Morgan fingerprint density at radius 3 is 2.37 bits per heavy atom. The number of aromatic nitrogens is 1. The minimum atomic E-state index is -0.185. The molecule has 0 radical (unpaired) electrons. The molecule has 1 aliphatic carbocycles. The summed E-state index contributed by atoms with van der Waals surface area (Å²) in [6, 6.07) is 7.69. The Balaban J connectivity index is 1.75. The van der Waals surface area contributed by atoms with Gasteiger partial charge in [-0.1, -0.05) is 37.0 Å².